The molecule has 1 aliphatic heterocycles. The normalized spacial score (nSPS) is 16.9. The van der Waals surface area contributed by atoms with Crippen molar-refractivity contribution >= 4 is 11.7 Å². The zero-order valence-electron chi connectivity index (χ0n) is 15.8. The van der Waals surface area contributed by atoms with Gasteiger partial charge in [-0.05, 0) is 43.2 Å². The van der Waals surface area contributed by atoms with Gasteiger partial charge in [0.05, 0.1) is 26.4 Å². The van der Waals surface area contributed by atoms with Crippen LogP contribution in [0.25, 0.3) is 0 Å². The molecule has 6 nitrogen and oxygen atoms in total. The van der Waals surface area contributed by atoms with E-state index in [-0.39, 0.29) is 30.2 Å². The summed E-state index contributed by atoms with van der Waals surface area (Å²) in [7, 11) is 1.50. The Kier molecular flexibility index (Phi) is 5.91. The van der Waals surface area contributed by atoms with Gasteiger partial charge in [-0.3, -0.25) is 4.79 Å². The number of morpholine rings is 1. The van der Waals surface area contributed by atoms with E-state index in [4.69, 9.17) is 9.47 Å². The van der Waals surface area contributed by atoms with Crippen molar-refractivity contribution in [3.63, 3.8) is 0 Å². The predicted octanol–water partition coefficient (Wildman–Crippen LogP) is 2.69. The van der Waals surface area contributed by atoms with Gasteiger partial charge >= 0.3 is 0 Å². The van der Waals surface area contributed by atoms with E-state index >= 15 is 0 Å². The first kappa shape index (κ1) is 19.1. The number of halogens is 1. The number of methoxy groups -OCH3 is 1. The molecular weight excluding hydrogens is 349 g/mol. The number of hydrogen-bond acceptors (Lipinski definition) is 5. The Hall–Kier alpha value is -2.67. The Balaban J connectivity index is 1.81. The summed E-state index contributed by atoms with van der Waals surface area (Å²) in [6, 6.07) is 8.22. The fourth-order valence-electron chi connectivity index (χ4n) is 3.18. The highest BCUT2D eigenvalue weighted by molar-refractivity contribution is 5.98. The fraction of sp³-hybridized carbons (Fsp3) is 0.400. The molecule has 27 heavy (non-hydrogen) atoms. The molecule has 7 heteroatoms. The van der Waals surface area contributed by atoms with E-state index in [1.54, 1.807) is 12.1 Å². The number of nitrogens with zero attached hydrogens (tertiary/aromatic N) is 2. The number of benzene rings is 1. The van der Waals surface area contributed by atoms with Crippen LogP contribution in [0.15, 0.2) is 30.3 Å². The average Bonchev–Trinajstić information content (AvgIpc) is 2.66. The lowest BCUT2D eigenvalue weighted by Crippen LogP contribution is -2.44. The summed E-state index contributed by atoms with van der Waals surface area (Å²) in [4.78, 5) is 19.4. The quantitative estimate of drug-likeness (QED) is 0.873. The van der Waals surface area contributed by atoms with E-state index in [0.29, 0.717) is 24.3 Å². The summed E-state index contributed by atoms with van der Waals surface area (Å²) in [6.07, 6.45) is 0. The van der Waals surface area contributed by atoms with Gasteiger partial charge in [0.1, 0.15) is 17.2 Å². The maximum absolute atomic E-state index is 13.3. The Labute approximate surface area is 158 Å². The molecule has 1 aromatic carbocycles. The van der Waals surface area contributed by atoms with Gasteiger partial charge in [0.15, 0.2) is 0 Å². The maximum Gasteiger partial charge on any atom is 0.257 e. The van der Waals surface area contributed by atoms with Crippen molar-refractivity contribution < 1.29 is 18.7 Å². The first-order valence-electron chi connectivity index (χ1n) is 8.92. The molecule has 1 amide bonds. The van der Waals surface area contributed by atoms with Crippen molar-refractivity contribution in [2.45, 2.75) is 26.4 Å². The minimum absolute atomic E-state index is 0.197. The van der Waals surface area contributed by atoms with Crippen LogP contribution in [0.3, 0.4) is 0 Å². The predicted molar refractivity (Wildman–Crippen MR) is 101 cm³/mol. The summed E-state index contributed by atoms with van der Waals surface area (Å²) in [5.41, 5.74) is 1.84. The van der Waals surface area contributed by atoms with Crippen LogP contribution in [0.5, 0.6) is 5.88 Å². The number of hydrogen-bond donors (Lipinski definition) is 1. The van der Waals surface area contributed by atoms with Crippen LogP contribution >= 0.6 is 0 Å². The Bertz CT molecular complexity index is 828. The molecule has 1 aliphatic rings. The molecule has 0 spiro atoms. The summed E-state index contributed by atoms with van der Waals surface area (Å²) in [6.45, 7) is 6.17. The number of aromatic nitrogens is 1. The molecule has 1 atom stereocenters. The smallest absolute Gasteiger partial charge is 0.257 e. The molecule has 1 saturated heterocycles. The van der Waals surface area contributed by atoms with E-state index < -0.39 is 0 Å². The Morgan fingerprint density at radius 2 is 2.26 bits per heavy atom. The maximum atomic E-state index is 13.3. The molecule has 0 bridgehead atoms. The third kappa shape index (κ3) is 4.36. The van der Waals surface area contributed by atoms with Crippen LogP contribution in [0.4, 0.5) is 10.2 Å². The van der Waals surface area contributed by atoms with Crippen LogP contribution in [0.1, 0.15) is 28.4 Å². The second kappa shape index (κ2) is 8.35. The lowest BCUT2D eigenvalue weighted by molar-refractivity contribution is 0.0944. The highest BCUT2D eigenvalue weighted by atomic mass is 19.1. The molecule has 0 radical (unpaired) electrons. The Morgan fingerprint density at radius 1 is 1.44 bits per heavy atom. The number of anilines is 1. The van der Waals surface area contributed by atoms with Gasteiger partial charge in [-0.1, -0.05) is 12.1 Å². The van der Waals surface area contributed by atoms with Crippen molar-refractivity contribution in [1.29, 1.82) is 0 Å². The first-order chi connectivity index (χ1) is 13.0. The third-order valence-electron chi connectivity index (χ3n) is 4.59. The molecular formula is C20H24FN3O3. The Morgan fingerprint density at radius 3 is 2.96 bits per heavy atom. The van der Waals surface area contributed by atoms with Gasteiger partial charge in [-0.2, -0.15) is 4.98 Å². The highest BCUT2D eigenvalue weighted by Crippen LogP contribution is 2.27. The second-order valence-electron chi connectivity index (χ2n) is 6.61. The summed E-state index contributed by atoms with van der Waals surface area (Å²) in [5.74, 6) is 0.408. The van der Waals surface area contributed by atoms with Crippen molar-refractivity contribution in [2.24, 2.45) is 0 Å². The van der Waals surface area contributed by atoms with Crippen molar-refractivity contribution in [3.05, 3.63) is 52.8 Å². The van der Waals surface area contributed by atoms with E-state index in [9.17, 15) is 9.18 Å². The van der Waals surface area contributed by atoms with E-state index in [2.05, 4.69) is 22.1 Å². The van der Waals surface area contributed by atoms with Gasteiger partial charge in [0.25, 0.3) is 5.91 Å². The summed E-state index contributed by atoms with van der Waals surface area (Å²) >= 11 is 0. The van der Waals surface area contributed by atoms with Gasteiger partial charge in [-0.25, -0.2) is 4.39 Å². The number of ether oxygens (including phenoxy) is 2. The number of pyridine rings is 1. The van der Waals surface area contributed by atoms with Crippen molar-refractivity contribution in [2.75, 3.05) is 31.8 Å². The minimum Gasteiger partial charge on any atom is -0.480 e. The number of carbonyl (C=O) groups is 1. The molecule has 2 heterocycles. The van der Waals surface area contributed by atoms with Gasteiger partial charge < -0.3 is 19.7 Å². The molecule has 1 fully saturated rings. The van der Waals surface area contributed by atoms with Gasteiger partial charge in [0, 0.05) is 13.1 Å². The third-order valence-corrected chi connectivity index (χ3v) is 4.59. The number of amides is 1. The molecule has 0 aliphatic carbocycles. The van der Waals surface area contributed by atoms with Gasteiger partial charge in [-0.15, -0.1) is 0 Å². The number of aryl methyl sites for hydroxylation is 1. The average molecular weight is 373 g/mol. The lowest BCUT2D eigenvalue weighted by atomic mass is 10.1. The van der Waals surface area contributed by atoms with Crippen LogP contribution in [-0.2, 0) is 11.3 Å². The van der Waals surface area contributed by atoms with Crippen LogP contribution in [0.2, 0.25) is 0 Å². The fourth-order valence-corrected chi connectivity index (χ4v) is 3.18. The van der Waals surface area contributed by atoms with Crippen LogP contribution < -0.4 is 15.0 Å². The molecule has 144 valence electrons. The van der Waals surface area contributed by atoms with E-state index in [1.165, 1.54) is 19.2 Å². The topological polar surface area (TPSA) is 63.7 Å². The largest absolute Gasteiger partial charge is 0.480 e. The monoisotopic (exact) mass is 373 g/mol. The summed E-state index contributed by atoms with van der Waals surface area (Å²) < 4.78 is 24.2. The number of carbonyl (C=O) groups excluding carboxylic acids is 1. The SMILES string of the molecule is COc1nc(N2CCOC[C@H]2C)cc(C)c1C(=O)NCc1cccc(F)c1. The highest BCUT2D eigenvalue weighted by Gasteiger charge is 2.24. The van der Waals surface area contributed by atoms with Gasteiger partial charge in [0.2, 0.25) is 5.88 Å². The zero-order valence-corrected chi connectivity index (χ0v) is 15.8. The molecule has 3 rings (SSSR count). The molecule has 2 aromatic rings. The standard InChI is InChI=1S/C20H24FN3O3/c1-13-9-17(24-7-8-27-12-14(24)2)23-20(26-3)18(13)19(25)22-11-15-5-4-6-16(21)10-15/h4-6,9-10,14H,7-8,11-12H2,1-3H3,(H,22,25)/t14-/m1/s1. The second-order valence-corrected chi connectivity index (χ2v) is 6.61. The molecule has 1 aromatic heterocycles. The number of nitrogens with one attached hydrogen (secondary N) is 1. The van der Waals surface area contributed by atoms with Crippen molar-refractivity contribution in [3.8, 4) is 5.88 Å². The lowest BCUT2D eigenvalue weighted by Gasteiger charge is -2.34. The zero-order chi connectivity index (χ0) is 19.4. The molecule has 1 N–H and O–H groups in total. The van der Waals surface area contributed by atoms with E-state index in [1.807, 2.05) is 13.0 Å². The number of rotatable bonds is 5. The van der Waals surface area contributed by atoms with Crippen LogP contribution in [0, 0.1) is 12.7 Å². The minimum atomic E-state index is -0.332. The summed E-state index contributed by atoms with van der Waals surface area (Å²) in [5, 5.41) is 2.81. The van der Waals surface area contributed by atoms with Crippen LogP contribution in [-0.4, -0.2) is 43.8 Å². The molecule has 0 saturated carbocycles. The molecule has 0 unspecified atom stereocenters. The van der Waals surface area contributed by atoms with Crippen molar-refractivity contribution in [1.82, 2.24) is 10.3 Å². The van der Waals surface area contributed by atoms with E-state index in [0.717, 1.165) is 17.9 Å². The first-order valence-corrected chi connectivity index (χ1v) is 8.92.